The molecular formula is C18H25N3O4. The summed E-state index contributed by atoms with van der Waals surface area (Å²) >= 11 is 0. The topological polar surface area (TPSA) is 98.7 Å². The van der Waals surface area contributed by atoms with Crippen LogP contribution >= 0.6 is 0 Å². The Bertz CT molecular complexity index is 618. The van der Waals surface area contributed by atoms with E-state index < -0.39 is 17.9 Å². The van der Waals surface area contributed by atoms with Gasteiger partial charge in [0.2, 0.25) is 5.91 Å². The molecule has 1 unspecified atom stereocenters. The number of carboxylic acid groups (broad SMARTS) is 1. The fourth-order valence-electron chi connectivity index (χ4n) is 2.88. The fraction of sp³-hybridized carbons (Fsp3) is 0.500. The number of piperidine rings is 1. The zero-order valence-electron chi connectivity index (χ0n) is 14.6. The predicted molar refractivity (Wildman–Crippen MR) is 94.2 cm³/mol. The summed E-state index contributed by atoms with van der Waals surface area (Å²) < 4.78 is 0. The van der Waals surface area contributed by atoms with Gasteiger partial charge in [-0.1, -0.05) is 32.0 Å². The smallest absolute Gasteiger partial charge is 0.326 e. The van der Waals surface area contributed by atoms with Crippen molar-refractivity contribution in [1.82, 2.24) is 10.2 Å². The monoisotopic (exact) mass is 347 g/mol. The first-order valence-corrected chi connectivity index (χ1v) is 8.52. The Hall–Kier alpha value is -2.57. The molecule has 1 aromatic rings. The molecule has 25 heavy (non-hydrogen) atoms. The fourth-order valence-corrected chi connectivity index (χ4v) is 2.88. The predicted octanol–water partition coefficient (Wildman–Crippen LogP) is 2.16. The van der Waals surface area contributed by atoms with Gasteiger partial charge in [0.05, 0.1) is 5.92 Å². The van der Waals surface area contributed by atoms with Crippen LogP contribution in [0.3, 0.4) is 0 Å². The lowest BCUT2D eigenvalue weighted by Gasteiger charge is -2.33. The number of nitrogens with one attached hydrogen (secondary N) is 2. The van der Waals surface area contributed by atoms with Crippen molar-refractivity contribution >= 4 is 23.6 Å². The van der Waals surface area contributed by atoms with Crippen LogP contribution in [-0.4, -0.2) is 47.0 Å². The van der Waals surface area contributed by atoms with Crippen molar-refractivity contribution in [2.24, 2.45) is 11.8 Å². The lowest BCUT2D eigenvalue weighted by molar-refractivity contribution is -0.144. The number of benzene rings is 1. The number of para-hydroxylation sites is 1. The first-order chi connectivity index (χ1) is 11.9. The van der Waals surface area contributed by atoms with E-state index in [1.165, 1.54) is 0 Å². The molecule has 0 spiro atoms. The summed E-state index contributed by atoms with van der Waals surface area (Å²) in [5, 5.41) is 14.6. The number of hydrogen-bond donors (Lipinski definition) is 3. The molecule has 1 aromatic carbocycles. The van der Waals surface area contributed by atoms with Crippen LogP contribution in [0.4, 0.5) is 10.5 Å². The molecule has 1 aliphatic rings. The summed E-state index contributed by atoms with van der Waals surface area (Å²) in [7, 11) is 0. The number of amides is 3. The molecule has 3 amide bonds. The third-order valence-corrected chi connectivity index (χ3v) is 4.33. The second kappa shape index (κ2) is 8.50. The van der Waals surface area contributed by atoms with E-state index in [1.54, 1.807) is 30.9 Å². The first-order valence-electron chi connectivity index (χ1n) is 8.52. The maximum absolute atomic E-state index is 12.4. The van der Waals surface area contributed by atoms with Crippen molar-refractivity contribution in [1.29, 1.82) is 0 Å². The minimum absolute atomic E-state index is 0.206. The second-order valence-electron chi connectivity index (χ2n) is 6.65. The molecule has 0 saturated carbocycles. The highest BCUT2D eigenvalue weighted by Gasteiger charge is 2.31. The van der Waals surface area contributed by atoms with Gasteiger partial charge in [0.15, 0.2) is 0 Å². The summed E-state index contributed by atoms with van der Waals surface area (Å²) in [6.07, 6.45) is 1.35. The standard InChI is InChI=1S/C18H25N3O4/c1-12(2)15(17(23)24)20-16(22)13-7-6-10-21(11-13)18(25)19-14-8-4-3-5-9-14/h3-5,8-9,12-13,15H,6-7,10-11H2,1-2H3,(H,19,25)(H,20,22)(H,23,24)/t13?,15-/m0/s1. The molecule has 7 nitrogen and oxygen atoms in total. The van der Waals surface area contributed by atoms with E-state index in [0.29, 0.717) is 25.1 Å². The van der Waals surface area contributed by atoms with E-state index in [9.17, 15) is 19.5 Å². The average molecular weight is 347 g/mol. The zero-order valence-corrected chi connectivity index (χ0v) is 14.6. The highest BCUT2D eigenvalue weighted by molar-refractivity contribution is 5.90. The molecule has 136 valence electrons. The minimum atomic E-state index is -1.04. The average Bonchev–Trinajstić information content (AvgIpc) is 2.59. The van der Waals surface area contributed by atoms with Crippen LogP contribution in [0.5, 0.6) is 0 Å². The number of carboxylic acids is 1. The molecule has 7 heteroatoms. The Labute approximate surface area is 147 Å². The van der Waals surface area contributed by atoms with E-state index in [2.05, 4.69) is 10.6 Å². The molecule has 2 atom stereocenters. The van der Waals surface area contributed by atoms with E-state index in [0.717, 1.165) is 0 Å². The van der Waals surface area contributed by atoms with Crippen molar-refractivity contribution in [3.05, 3.63) is 30.3 Å². The van der Waals surface area contributed by atoms with Gasteiger partial charge in [0, 0.05) is 18.8 Å². The number of carbonyl (C=O) groups excluding carboxylic acids is 2. The molecule has 0 radical (unpaired) electrons. The molecule has 1 fully saturated rings. The van der Waals surface area contributed by atoms with Crippen molar-refractivity contribution in [3.63, 3.8) is 0 Å². The van der Waals surface area contributed by atoms with E-state index >= 15 is 0 Å². The quantitative estimate of drug-likeness (QED) is 0.760. The normalized spacial score (nSPS) is 18.5. The van der Waals surface area contributed by atoms with Gasteiger partial charge < -0.3 is 20.6 Å². The number of aliphatic carboxylic acids is 1. The van der Waals surface area contributed by atoms with Gasteiger partial charge in [0.25, 0.3) is 0 Å². The van der Waals surface area contributed by atoms with Crippen LogP contribution < -0.4 is 10.6 Å². The molecule has 3 N–H and O–H groups in total. The van der Waals surface area contributed by atoms with Gasteiger partial charge in [-0.3, -0.25) is 4.79 Å². The number of hydrogen-bond acceptors (Lipinski definition) is 3. The Morgan fingerprint density at radius 2 is 1.88 bits per heavy atom. The Kier molecular flexibility index (Phi) is 6.38. The number of urea groups is 1. The Morgan fingerprint density at radius 3 is 2.48 bits per heavy atom. The molecule has 2 rings (SSSR count). The van der Waals surface area contributed by atoms with Crippen molar-refractivity contribution < 1.29 is 19.5 Å². The molecule has 0 aromatic heterocycles. The molecule has 1 aliphatic heterocycles. The van der Waals surface area contributed by atoms with Crippen LogP contribution in [0.15, 0.2) is 30.3 Å². The van der Waals surface area contributed by atoms with Crippen LogP contribution in [0.1, 0.15) is 26.7 Å². The van der Waals surface area contributed by atoms with Gasteiger partial charge in [-0.2, -0.15) is 0 Å². The lowest BCUT2D eigenvalue weighted by Crippen LogP contribution is -2.51. The van der Waals surface area contributed by atoms with Crippen LogP contribution in [0.2, 0.25) is 0 Å². The summed E-state index contributed by atoms with van der Waals surface area (Å²) in [5.74, 6) is -1.95. The number of anilines is 1. The third-order valence-electron chi connectivity index (χ3n) is 4.33. The maximum Gasteiger partial charge on any atom is 0.326 e. The summed E-state index contributed by atoms with van der Waals surface area (Å²) in [5.41, 5.74) is 0.699. The van der Waals surface area contributed by atoms with Crippen molar-refractivity contribution in [2.45, 2.75) is 32.7 Å². The Balaban J connectivity index is 1.94. The number of carbonyl (C=O) groups is 3. The summed E-state index contributed by atoms with van der Waals surface area (Å²) in [6.45, 7) is 4.36. The summed E-state index contributed by atoms with van der Waals surface area (Å²) in [4.78, 5) is 37.6. The lowest BCUT2D eigenvalue weighted by atomic mass is 9.96. The summed E-state index contributed by atoms with van der Waals surface area (Å²) in [6, 6.07) is 7.96. The van der Waals surface area contributed by atoms with Gasteiger partial charge in [-0.05, 0) is 30.9 Å². The van der Waals surface area contributed by atoms with Crippen molar-refractivity contribution in [3.8, 4) is 0 Å². The highest BCUT2D eigenvalue weighted by Crippen LogP contribution is 2.19. The van der Waals surface area contributed by atoms with Crippen molar-refractivity contribution in [2.75, 3.05) is 18.4 Å². The zero-order chi connectivity index (χ0) is 18.4. The minimum Gasteiger partial charge on any atom is -0.480 e. The van der Waals surface area contributed by atoms with Gasteiger partial charge in [0.1, 0.15) is 6.04 Å². The van der Waals surface area contributed by atoms with Crippen LogP contribution in [0, 0.1) is 11.8 Å². The Morgan fingerprint density at radius 1 is 1.20 bits per heavy atom. The largest absolute Gasteiger partial charge is 0.480 e. The van der Waals surface area contributed by atoms with Crippen LogP contribution in [0.25, 0.3) is 0 Å². The van der Waals surface area contributed by atoms with E-state index in [4.69, 9.17) is 0 Å². The van der Waals surface area contributed by atoms with Crippen LogP contribution in [-0.2, 0) is 9.59 Å². The molecule has 0 bridgehead atoms. The van der Waals surface area contributed by atoms with E-state index in [-0.39, 0.29) is 24.4 Å². The van der Waals surface area contributed by atoms with E-state index in [1.807, 2.05) is 18.2 Å². The number of nitrogens with zero attached hydrogens (tertiary/aromatic N) is 1. The number of rotatable bonds is 5. The number of likely N-dealkylation sites (tertiary alicyclic amines) is 1. The first kappa shape index (κ1) is 18.8. The molecule has 1 heterocycles. The SMILES string of the molecule is CC(C)[C@H](NC(=O)C1CCCN(C(=O)Nc2ccccc2)C1)C(=O)O. The second-order valence-corrected chi connectivity index (χ2v) is 6.65. The molecular weight excluding hydrogens is 322 g/mol. The highest BCUT2D eigenvalue weighted by atomic mass is 16.4. The molecule has 0 aliphatic carbocycles. The molecule has 1 saturated heterocycles. The van der Waals surface area contributed by atoms with Gasteiger partial charge in [-0.15, -0.1) is 0 Å². The third kappa shape index (κ3) is 5.20. The van der Waals surface area contributed by atoms with Gasteiger partial charge in [-0.25, -0.2) is 9.59 Å². The van der Waals surface area contributed by atoms with Gasteiger partial charge >= 0.3 is 12.0 Å². The maximum atomic E-state index is 12.4.